The second kappa shape index (κ2) is 15.6. The lowest BCUT2D eigenvalue weighted by Crippen LogP contribution is -2.55. The molecule has 1 aliphatic carbocycles. The van der Waals surface area contributed by atoms with Gasteiger partial charge in [-0.25, -0.2) is 0 Å². The Hall–Kier alpha value is -4.67. The fourth-order valence-corrected chi connectivity index (χ4v) is 6.44. The first-order chi connectivity index (χ1) is 22.3. The molecule has 11 nitrogen and oxygen atoms in total. The summed E-state index contributed by atoms with van der Waals surface area (Å²) in [4.78, 5) is 57.1. The molecular weight excluding hydrogens is 582 g/mol. The number of rotatable bonds is 11. The second-order valence-electron chi connectivity index (χ2n) is 12.2. The minimum atomic E-state index is -0.830. The van der Waals surface area contributed by atoms with Crippen LogP contribution in [0, 0.1) is 11.8 Å². The van der Waals surface area contributed by atoms with Crippen LogP contribution in [0.15, 0.2) is 66.9 Å². The number of aryl methyl sites for hydroxylation is 1. The van der Waals surface area contributed by atoms with Gasteiger partial charge in [-0.2, -0.15) is 5.10 Å². The van der Waals surface area contributed by atoms with E-state index in [4.69, 9.17) is 0 Å². The summed E-state index contributed by atoms with van der Waals surface area (Å²) in [5, 5.41) is 12.9. The molecule has 244 valence electrons. The van der Waals surface area contributed by atoms with Crippen LogP contribution in [0.5, 0.6) is 0 Å². The van der Waals surface area contributed by atoms with Gasteiger partial charge < -0.3 is 25.8 Å². The number of carbonyl (C=O) groups is 4. The number of anilines is 3. The normalized spacial score (nSPS) is 16.7. The number of nitrogens with zero attached hydrogens (tertiary/aromatic N) is 4. The predicted octanol–water partition coefficient (Wildman–Crippen LogP) is 3.98. The molecule has 1 saturated heterocycles. The third-order valence-electron chi connectivity index (χ3n) is 9.09. The standard InChI is InChI=1S/C35H45N7O4/c1-3-31(43)38-29(35(46)42-22-20-41(21-23-42)28-12-8-5-9-13-28)24-25-14-16-27(17-15-25)37-33(44)32(26-10-6-4-7-11-26)34(45)39-30-18-19-36-40(30)2/h5,8-9,12-19,26,29,32H,3-4,6-7,10-11,20-24H2,1-2H3,(H,37,44)(H,38,43)(H,39,45)/t29-,32+/m1/s1. The highest BCUT2D eigenvalue weighted by atomic mass is 16.2. The molecule has 2 atom stereocenters. The zero-order valence-electron chi connectivity index (χ0n) is 26.8. The van der Waals surface area contributed by atoms with Crippen molar-refractivity contribution in [3.05, 3.63) is 72.4 Å². The van der Waals surface area contributed by atoms with E-state index in [1.54, 1.807) is 43.0 Å². The van der Waals surface area contributed by atoms with Crippen LogP contribution in [0.2, 0.25) is 0 Å². The van der Waals surface area contributed by atoms with Crippen LogP contribution >= 0.6 is 0 Å². The van der Waals surface area contributed by atoms with Crippen LogP contribution in [0.3, 0.4) is 0 Å². The van der Waals surface area contributed by atoms with Gasteiger partial charge in [-0.15, -0.1) is 0 Å². The number of hydrogen-bond donors (Lipinski definition) is 3. The summed E-state index contributed by atoms with van der Waals surface area (Å²) in [5.41, 5.74) is 2.56. The first-order valence-electron chi connectivity index (χ1n) is 16.4. The molecule has 0 spiro atoms. The Morgan fingerprint density at radius 3 is 2.15 bits per heavy atom. The van der Waals surface area contributed by atoms with Crippen molar-refractivity contribution < 1.29 is 19.2 Å². The number of para-hydroxylation sites is 1. The summed E-state index contributed by atoms with van der Waals surface area (Å²) in [6.07, 6.45) is 6.99. The molecule has 2 aromatic carbocycles. The lowest BCUT2D eigenvalue weighted by Gasteiger charge is -2.37. The molecule has 3 N–H and O–H groups in total. The van der Waals surface area contributed by atoms with Crippen LogP contribution in [0.1, 0.15) is 51.0 Å². The topological polar surface area (TPSA) is 129 Å². The third-order valence-corrected chi connectivity index (χ3v) is 9.09. The average Bonchev–Trinajstić information content (AvgIpc) is 3.49. The molecule has 0 bridgehead atoms. The highest BCUT2D eigenvalue weighted by molar-refractivity contribution is 6.10. The monoisotopic (exact) mass is 627 g/mol. The zero-order valence-corrected chi connectivity index (χ0v) is 26.8. The molecular formula is C35H45N7O4. The van der Waals surface area contributed by atoms with Gasteiger partial charge in [0.25, 0.3) is 0 Å². The van der Waals surface area contributed by atoms with Crippen molar-refractivity contribution in [3.8, 4) is 0 Å². The van der Waals surface area contributed by atoms with Crippen LogP contribution in [0.4, 0.5) is 17.2 Å². The van der Waals surface area contributed by atoms with Gasteiger partial charge in [0, 0.05) is 63.5 Å². The van der Waals surface area contributed by atoms with E-state index in [1.807, 2.05) is 35.2 Å². The Bertz CT molecular complexity index is 1480. The van der Waals surface area contributed by atoms with E-state index in [-0.39, 0.29) is 36.0 Å². The lowest BCUT2D eigenvalue weighted by molar-refractivity contribution is -0.136. The van der Waals surface area contributed by atoms with Crippen molar-refractivity contribution in [2.45, 2.75) is 57.9 Å². The highest BCUT2D eigenvalue weighted by Gasteiger charge is 2.36. The maximum Gasteiger partial charge on any atom is 0.245 e. The predicted molar refractivity (Wildman–Crippen MR) is 178 cm³/mol. The zero-order chi connectivity index (χ0) is 32.5. The Kier molecular flexibility index (Phi) is 11.1. The summed E-state index contributed by atoms with van der Waals surface area (Å²) in [5.74, 6) is -1.27. The molecule has 2 aliphatic rings. The van der Waals surface area contributed by atoms with E-state index in [1.165, 1.54) is 0 Å². The number of aromatic nitrogens is 2. The first-order valence-corrected chi connectivity index (χ1v) is 16.4. The van der Waals surface area contributed by atoms with Crippen molar-refractivity contribution >= 4 is 40.8 Å². The van der Waals surface area contributed by atoms with Gasteiger partial charge in [-0.1, -0.05) is 56.5 Å². The molecule has 2 heterocycles. The number of hydrogen-bond acceptors (Lipinski definition) is 6. The maximum atomic E-state index is 13.6. The average molecular weight is 628 g/mol. The fraction of sp³-hybridized carbons (Fsp3) is 0.457. The molecule has 46 heavy (non-hydrogen) atoms. The second-order valence-corrected chi connectivity index (χ2v) is 12.2. The van der Waals surface area contributed by atoms with Gasteiger partial charge in [0.2, 0.25) is 23.6 Å². The highest BCUT2D eigenvalue weighted by Crippen LogP contribution is 2.32. The minimum absolute atomic E-state index is 0.0373. The summed E-state index contributed by atoms with van der Waals surface area (Å²) in [7, 11) is 1.74. The smallest absolute Gasteiger partial charge is 0.245 e. The van der Waals surface area contributed by atoms with Gasteiger partial charge >= 0.3 is 0 Å². The first kappa shape index (κ1) is 32.7. The Morgan fingerprint density at radius 2 is 1.52 bits per heavy atom. The van der Waals surface area contributed by atoms with E-state index in [9.17, 15) is 19.2 Å². The largest absolute Gasteiger partial charge is 0.368 e. The maximum absolute atomic E-state index is 13.6. The lowest BCUT2D eigenvalue weighted by atomic mass is 9.79. The molecule has 0 radical (unpaired) electrons. The Balaban J connectivity index is 1.22. The van der Waals surface area contributed by atoms with Crippen molar-refractivity contribution in [2.24, 2.45) is 18.9 Å². The van der Waals surface area contributed by atoms with Crippen LogP contribution in [-0.2, 0) is 32.6 Å². The van der Waals surface area contributed by atoms with Crippen molar-refractivity contribution in [3.63, 3.8) is 0 Å². The number of piperazine rings is 1. The van der Waals surface area contributed by atoms with E-state index in [0.717, 1.165) is 56.4 Å². The molecule has 4 amide bonds. The van der Waals surface area contributed by atoms with E-state index in [2.05, 4.69) is 38.1 Å². The molecule has 1 aromatic heterocycles. The van der Waals surface area contributed by atoms with Crippen LogP contribution < -0.4 is 20.9 Å². The van der Waals surface area contributed by atoms with E-state index in [0.29, 0.717) is 31.0 Å². The fourth-order valence-electron chi connectivity index (χ4n) is 6.44. The quantitative estimate of drug-likeness (QED) is 0.276. The third kappa shape index (κ3) is 8.32. The summed E-state index contributed by atoms with van der Waals surface area (Å²) >= 11 is 0. The molecule has 0 unspecified atom stereocenters. The summed E-state index contributed by atoms with van der Waals surface area (Å²) in [6.45, 7) is 4.37. The number of amides is 4. The molecule has 1 saturated carbocycles. The number of nitrogens with one attached hydrogen (secondary N) is 3. The SMILES string of the molecule is CCC(=O)N[C@H](Cc1ccc(NC(=O)[C@@H](C(=O)Nc2ccnn2C)C2CCCCC2)cc1)C(=O)N1CCN(c2ccccc2)CC1. The van der Waals surface area contributed by atoms with E-state index >= 15 is 0 Å². The Labute approximate surface area is 270 Å². The number of benzene rings is 2. The molecule has 2 fully saturated rings. The van der Waals surface area contributed by atoms with Gasteiger partial charge in [-0.3, -0.25) is 23.9 Å². The molecule has 3 aromatic rings. The van der Waals surface area contributed by atoms with Gasteiger partial charge in [0.1, 0.15) is 17.8 Å². The van der Waals surface area contributed by atoms with E-state index < -0.39 is 12.0 Å². The van der Waals surface area contributed by atoms with Gasteiger partial charge in [-0.05, 0) is 48.6 Å². The minimum Gasteiger partial charge on any atom is -0.368 e. The van der Waals surface area contributed by atoms with Crippen molar-refractivity contribution in [1.29, 1.82) is 0 Å². The molecule has 11 heteroatoms. The van der Waals surface area contributed by atoms with Crippen LogP contribution in [0.25, 0.3) is 0 Å². The van der Waals surface area contributed by atoms with Crippen molar-refractivity contribution in [1.82, 2.24) is 20.0 Å². The summed E-state index contributed by atoms with van der Waals surface area (Å²) < 4.78 is 1.57. The molecule has 5 rings (SSSR count). The van der Waals surface area contributed by atoms with Gasteiger partial charge in [0.05, 0.1) is 6.20 Å². The van der Waals surface area contributed by atoms with Gasteiger partial charge in [0.15, 0.2) is 0 Å². The van der Waals surface area contributed by atoms with Crippen molar-refractivity contribution in [2.75, 3.05) is 41.7 Å². The summed E-state index contributed by atoms with van der Waals surface area (Å²) in [6, 6.07) is 18.4. The number of carbonyl (C=O) groups excluding carboxylic acids is 4. The molecule has 1 aliphatic heterocycles. The Morgan fingerprint density at radius 1 is 0.848 bits per heavy atom. The van der Waals surface area contributed by atoms with Crippen LogP contribution in [-0.4, -0.2) is 70.5 Å².